The third kappa shape index (κ3) is 3.03. The second-order valence-electron chi connectivity index (χ2n) is 5.61. The van der Waals surface area contributed by atoms with Crippen LogP contribution in [0.1, 0.15) is 18.4 Å². The fourth-order valence-electron chi connectivity index (χ4n) is 2.84. The van der Waals surface area contributed by atoms with Crippen LogP contribution in [0.5, 0.6) is 0 Å². The number of nitrogens with zero attached hydrogens (tertiary/aromatic N) is 2. The molecular weight excluding hydrogens is 263 g/mol. The van der Waals surface area contributed by atoms with Gasteiger partial charge in [-0.2, -0.15) is 0 Å². The van der Waals surface area contributed by atoms with Crippen LogP contribution in [0.2, 0.25) is 0 Å². The minimum atomic E-state index is -0.145. The standard InChI is InChI=1S/C15H20ClFN2/c16-10-13-2-1-3-14(17)15(13)19-8-6-18(7-9-19)11-12-4-5-12/h1-3,12H,4-11H2. The third-order valence-corrected chi connectivity index (χ3v) is 4.40. The van der Waals surface area contributed by atoms with E-state index in [-0.39, 0.29) is 5.82 Å². The summed E-state index contributed by atoms with van der Waals surface area (Å²) in [4.78, 5) is 4.66. The van der Waals surface area contributed by atoms with Crippen LogP contribution in [0.25, 0.3) is 0 Å². The monoisotopic (exact) mass is 282 g/mol. The first kappa shape index (κ1) is 13.2. The van der Waals surface area contributed by atoms with Gasteiger partial charge in [-0.15, -0.1) is 11.6 Å². The van der Waals surface area contributed by atoms with Gasteiger partial charge in [0.05, 0.1) is 5.69 Å². The molecule has 1 aromatic carbocycles. The smallest absolute Gasteiger partial charge is 0.146 e. The second kappa shape index (κ2) is 5.68. The van der Waals surface area contributed by atoms with Gasteiger partial charge in [-0.3, -0.25) is 4.90 Å². The van der Waals surface area contributed by atoms with Crippen molar-refractivity contribution in [3.63, 3.8) is 0 Å². The van der Waals surface area contributed by atoms with Crippen LogP contribution in [0, 0.1) is 11.7 Å². The van der Waals surface area contributed by atoms with Crippen molar-refractivity contribution in [1.29, 1.82) is 0 Å². The quantitative estimate of drug-likeness (QED) is 0.783. The summed E-state index contributed by atoms with van der Waals surface area (Å²) in [7, 11) is 0. The molecule has 2 fully saturated rings. The normalized spacial score (nSPS) is 20.8. The van der Waals surface area contributed by atoms with Gasteiger partial charge < -0.3 is 4.90 Å². The molecule has 0 unspecified atom stereocenters. The van der Waals surface area contributed by atoms with Gasteiger partial charge in [-0.1, -0.05) is 12.1 Å². The zero-order valence-electron chi connectivity index (χ0n) is 11.1. The fourth-order valence-corrected chi connectivity index (χ4v) is 3.06. The fraction of sp³-hybridized carbons (Fsp3) is 0.600. The minimum absolute atomic E-state index is 0.145. The minimum Gasteiger partial charge on any atom is -0.366 e. The predicted molar refractivity (Wildman–Crippen MR) is 77.3 cm³/mol. The Labute approximate surface area is 119 Å². The lowest BCUT2D eigenvalue weighted by atomic mass is 10.1. The highest BCUT2D eigenvalue weighted by atomic mass is 35.5. The molecule has 0 bridgehead atoms. The molecule has 2 aliphatic rings. The topological polar surface area (TPSA) is 6.48 Å². The summed E-state index contributed by atoms with van der Waals surface area (Å²) in [5, 5.41) is 0. The molecule has 3 rings (SSSR count). The van der Waals surface area contributed by atoms with Gasteiger partial charge in [0.2, 0.25) is 0 Å². The average Bonchev–Trinajstić information content (AvgIpc) is 3.23. The Hall–Kier alpha value is -0.800. The summed E-state index contributed by atoms with van der Waals surface area (Å²) in [6.45, 7) is 5.10. The third-order valence-electron chi connectivity index (χ3n) is 4.12. The van der Waals surface area contributed by atoms with E-state index >= 15 is 0 Å². The van der Waals surface area contributed by atoms with Gasteiger partial charge >= 0.3 is 0 Å². The lowest BCUT2D eigenvalue weighted by molar-refractivity contribution is 0.247. The molecule has 0 amide bonds. The maximum Gasteiger partial charge on any atom is 0.146 e. The molecule has 0 atom stereocenters. The predicted octanol–water partition coefficient (Wildman–Crippen LogP) is 3.10. The maximum atomic E-state index is 14.0. The molecule has 1 aliphatic carbocycles. The van der Waals surface area contributed by atoms with Gasteiger partial charge in [-0.05, 0) is 30.4 Å². The first-order chi connectivity index (χ1) is 9.28. The molecule has 0 aromatic heterocycles. The highest BCUT2D eigenvalue weighted by Gasteiger charge is 2.27. The number of alkyl halides is 1. The summed E-state index contributed by atoms with van der Waals surface area (Å²) >= 11 is 5.93. The first-order valence-corrected chi connectivity index (χ1v) is 7.62. The molecule has 1 aromatic rings. The van der Waals surface area contributed by atoms with Crippen molar-refractivity contribution in [2.45, 2.75) is 18.7 Å². The molecule has 19 heavy (non-hydrogen) atoms. The van der Waals surface area contributed by atoms with Crippen LogP contribution >= 0.6 is 11.6 Å². The van der Waals surface area contributed by atoms with E-state index in [1.54, 1.807) is 6.07 Å². The Kier molecular flexibility index (Phi) is 3.94. The number of hydrogen-bond donors (Lipinski definition) is 0. The van der Waals surface area contributed by atoms with Gasteiger partial charge in [-0.25, -0.2) is 4.39 Å². The van der Waals surface area contributed by atoms with E-state index in [4.69, 9.17) is 11.6 Å². The second-order valence-corrected chi connectivity index (χ2v) is 5.88. The van der Waals surface area contributed by atoms with E-state index in [0.717, 1.165) is 37.7 Å². The lowest BCUT2D eigenvalue weighted by Crippen LogP contribution is -2.47. The van der Waals surface area contributed by atoms with Crippen molar-refractivity contribution in [2.24, 2.45) is 5.92 Å². The van der Waals surface area contributed by atoms with E-state index in [1.165, 1.54) is 25.5 Å². The van der Waals surface area contributed by atoms with Crippen LogP contribution in [-0.2, 0) is 5.88 Å². The van der Waals surface area contributed by atoms with Crippen LogP contribution < -0.4 is 4.90 Å². The number of benzene rings is 1. The number of piperazine rings is 1. The Morgan fingerprint density at radius 1 is 1.16 bits per heavy atom. The van der Waals surface area contributed by atoms with Crippen molar-refractivity contribution >= 4 is 17.3 Å². The number of rotatable bonds is 4. The van der Waals surface area contributed by atoms with E-state index in [0.29, 0.717) is 11.6 Å². The Bertz CT molecular complexity index is 440. The molecule has 1 saturated carbocycles. The summed E-state index contributed by atoms with van der Waals surface area (Å²) < 4.78 is 14.0. The molecule has 1 heterocycles. The summed E-state index contributed by atoms with van der Waals surface area (Å²) in [6, 6.07) is 5.18. The number of halogens is 2. The van der Waals surface area contributed by atoms with Crippen molar-refractivity contribution < 1.29 is 4.39 Å². The number of anilines is 1. The molecule has 1 saturated heterocycles. The molecule has 2 nitrogen and oxygen atoms in total. The van der Waals surface area contributed by atoms with Gasteiger partial charge in [0.25, 0.3) is 0 Å². The summed E-state index contributed by atoms with van der Waals surface area (Å²) in [5.74, 6) is 1.15. The van der Waals surface area contributed by atoms with Crippen molar-refractivity contribution in [2.75, 3.05) is 37.6 Å². The zero-order valence-corrected chi connectivity index (χ0v) is 11.9. The van der Waals surface area contributed by atoms with E-state index in [9.17, 15) is 4.39 Å². The SMILES string of the molecule is Fc1cccc(CCl)c1N1CCN(CC2CC2)CC1. The summed E-state index contributed by atoms with van der Waals surface area (Å²) in [5.41, 5.74) is 1.61. The van der Waals surface area contributed by atoms with Crippen LogP contribution in [0.4, 0.5) is 10.1 Å². The zero-order chi connectivity index (χ0) is 13.2. The first-order valence-electron chi connectivity index (χ1n) is 7.08. The molecule has 0 radical (unpaired) electrons. The molecule has 104 valence electrons. The Morgan fingerprint density at radius 3 is 2.53 bits per heavy atom. The van der Waals surface area contributed by atoms with E-state index in [2.05, 4.69) is 9.80 Å². The molecule has 0 N–H and O–H groups in total. The highest BCUT2D eigenvalue weighted by Crippen LogP contribution is 2.31. The van der Waals surface area contributed by atoms with Crippen molar-refractivity contribution in [3.05, 3.63) is 29.6 Å². The van der Waals surface area contributed by atoms with Gasteiger partial charge in [0.15, 0.2) is 0 Å². The van der Waals surface area contributed by atoms with Crippen LogP contribution in [0.3, 0.4) is 0 Å². The highest BCUT2D eigenvalue weighted by molar-refractivity contribution is 6.17. The maximum absolute atomic E-state index is 14.0. The molecular formula is C15H20ClFN2. The van der Waals surface area contributed by atoms with E-state index in [1.807, 2.05) is 6.07 Å². The van der Waals surface area contributed by atoms with E-state index < -0.39 is 0 Å². The lowest BCUT2D eigenvalue weighted by Gasteiger charge is -2.37. The van der Waals surface area contributed by atoms with Gasteiger partial charge in [0.1, 0.15) is 5.82 Å². The Morgan fingerprint density at radius 2 is 1.89 bits per heavy atom. The Balaban J connectivity index is 1.67. The number of para-hydroxylation sites is 1. The molecule has 4 heteroatoms. The summed E-state index contributed by atoms with van der Waals surface area (Å²) in [6.07, 6.45) is 2.79. The van der Waals surface area contributed by atoms with Gasteiger partial charge in [0, 0.05) is 38.6 Å². The largest absolute Gasteiger partial charge is 0.366 e. The van der Waals surface area contributed by atoms with Crippen molar-refractivity contribution in [3.8, 4) is 0 Å². The molecule has 0 spiro atoms. The molecule has 1 aliphatic heterocycles. The van der Waals surface area contributed by atoms with Crippen LogP contribution in [-0.4, -0.2) is 37.6 Å². The average molecular weight is 283 g/mol. The number of hydrogen-bond acceptors (Lipinski definition) is 2. The van der Waals surface area contributed by atoms with Crippen LogP contribution in [0.15, 0.2) is 18.2 Å². The van der Waals surface area contributed by atoms with Crippen molar-refractivity contribution in [1.82, 2.24) is 4.90 Å².